The number of anilines is 1. The zero-order valence-corrected chi connectivity index (χ0v) is 13.0. The molecule has 2 aromatic rings. The number of carbonyl (C=O) groups excluding carboxylic acids is 1. The SMILES string of the molecule is CCOc1ccc(NC(=O)c2sc(C3CC3)nc2C)cc1. The molecular weight excluding hydrogens is 284 g/mol. The lowest BCUT2D eigenvalue weighted by Gasteiger charge is -2.06. The number of aryl methyl sites for hydroxylation is 1. The van der Waals surface area contributed by atoms with Crippen LogP contribution in [-0.4, -0.2) is 17.5 Å². The van der Waals surface area contributed by atoms with Crippen LogP contribution in [0, 0.1) is 6.92 Å². The lowest BCUT2D eigenvalue weighted by atomic mass is 10.3. The molecule has 0 aliphatic heterocycles. The highest BCUT2D eigenvalue weighted by atomic mass is 32.1. The lowest BCUT2D eigenvalue weighted by molar-refractivity contribution is 0.103. The summed E-state index contributed by atoms with van der Waals surface area (Å²) in [7, 11) is 0. The summed E-state index contributed by atoms with van der Waals surface area (Å²) >= 11 is 1.52. The zero-order chi connectivity index (χ0) is 14.8. The van der Waals surface area contributed by atoms with E-state index < -0.39 is 0 Å². The van der Waals surface area contributed by atoms with Gasteiger partial charge in [0.25, 0.3) is 5.91 Å². The van der Waals surface area contributed by atoms with Crippen molar-refractivity contribution < 1.29 is 9.53 Å². The predicted octanol–water partition coefficient (Wildman–Crippen LogP) is 3.98. The summed E-state index contributed by atoms with van der Waals surface area (Å²) in [5, 5.41) is 4.02. The van der Waals surface area contributed by atoms with Gasteiger partial charge < -0.3 is 10.1 Å². The Bertz CT molecular complexity index is 645. The largest absolute Gasteiger partial charge is 0.494 e. The number of nitrogens with zero attached hydrogens (tertiary/aromatic N) is 1. The normalized spacial score (nSPS) is 14.0. The van der Waals surface area contributed by atoms with E-state index in [1.54, 1.807) is 0 Å². The first-order valence-corrected chi connectivity index (χ1v) is 8.00. The number of hydrogen-bond donors (Lipinski definition) is 1. The molecule has 0 spiro atoms. The van der Waals surface area contributed by atoms with Gasteiger partial charge in [0.1, 0.15) is 10.6 Å². The molecule has 0 saturated heterocycles. The van der Waals surface area contributed by atoms with Crippen molar-refractivity contribution in [2.45, 2.75) is 32.6 Å². The molecule has 1 heterocycles. The topological polar surface area (TPSA) is 51.2 Å². The van der Waals surface area contributed by atoms with E-state index in [-0.39, 0.29) is 5.91 Å². The second-order valence-corrected chi connectivity index (χ2v) is 6.18. The first kappa shape index (κ1) is 14.1. The minimum absolute atomic E-state index is 0.0824. The number of ether oxygens (including phenoxy) is 1. The minimum atomic E-state index is -0.0824. The van der Waals surface area contributed by atoms with Gasteiger partial charge in [0.05, 0.1) is 17.3 Å². The summed E-state index contributed by atoms with van der Waals surface area (Å²) in [6.07, 6.45) is 2.40. The number of rotatable bonds is 5. The average Bonchev–Trinajstić information content (AvgIpc) is 3.24. The number of amides is 1. The summed E-state index contributed by atoms with van der Waals surface area (Å²) in [4.78, 5) is 17.6. The minimum Gasteiger partial charge on any atom is -0.494 e. The summed E-state index contributed by atoms with van der Waals surface area (Å²) in [5.74, 6) is 1.31. The van der Waals surface area contributed by atoms with Crippen LogP contribution in [0.25, 0.3) is 0 Å². The number of benzene rings is 1. The molecular formula is C16H18N2O2S. The molecule has 1 aliphatic rings. The number of aromatic nitrogens is 1. The second kappa shape index (κ2) is 5.85. The van der Waals surface area contributed by atoms with Crippen LogP contribution in [0.3, 0.4) is 0 Å². The fraction of sp³-hybridized carbons (Fsp3) is 0.375. The van der Waals surface area contributed by atoms with Crippen LogP contribution >= 0.6 is 11.3 Å². The molecule has 3 rings (SSSR count). The Morgan fingerprint density at radius 1 is 1.38 bits per heavy atom. The van der Waals surface area contributed by atoms with E-state index in [1.807, 2.05) is 38.1 Å². The molecule has 1 saturated carbocycles. The molecule has 21 heavy (non-hydrogen) atoms. The van der Waals surface area contributed by atoms with Crippen LogP contribution in [0.2, 0.25) is 0 Å². The number of nitrogens with one attached hydrogen (secondary N) is 1. The number of hydrogen-bond acceptors (Lipinski definition) is 4. The molecule has 0 unspecified atom stereocenters. The Hall–Kier alpha value is -1.88. The van der Waals surface area contributed by atoms with Gasteiger partial charge in [-0.2, -0.15) is 0 Å². The first-order chi connectivity index (χ1) is 10.2. The molecule has 1 aromatic heterocycles. The van der Waals surface area contributed by atoms with E-state index in [1.165, 1.54) is 24.2 Å². The third-order valence-electron chi connectivity index (χ3n) is 3.37. The molecule has 1 fully saturated rings. The molecule has 110 valence electrons. The van der Waals surface area contributed by atoms with Crippen molar-refractivity contribution in [3.63, 3.8) is 0 Å². The number of thiazole rings is 1. The molecule has 0 radical (unpaired) electrons. The van der Waals surface area contributed by atoms with Crippen LogP contribution in [-0.2, 0) is 0 Å². The standard InChI is InChI=1S/C16H18N2O2S/c1-3-20-13-8-6-12(7-9-13)18-15(19)14-10(2)17-16(21-14)11-4-5-11/h6-9,11H,3-5H2,1-2H3,(H,18,19). The lowest BCUT2D eigenvalue weighted by Crippen LogP contribution is -2.11. The van der Waals surface area contributed by atoms with Gasteiger partial charge in [0, 0.05) is 11.6 Å². The van der Waals surface area contributed by atoms with Gasteiger partial charge in [0.15, 0.2) is 0 Å². The van der Waals surface area contributed by atoms with Crippen molar-refractivity contribution in [2.24, 2.45) is 0 Å². The summed E-state index contributed by atoms with van der Waals surface area (Å²) in [6, 6.07) is 7.41. The quantitative estimate of drug-likeness (QED) is 0.909. The molecule has 0 bridgehead atoms. The highest BCUT2D eigenvalue weighted by Crippen LogP contribution is 2.42. The maximum Gasteiger partial charge on any atom is 0.267 e. The Labute approximate surface area is 128 Å². The molecule has 1 amide bonds. The van der Waals surface area contributed by atoms with E-state index in [2.05, 4.69) is 10.3 Å². The van der Waals surface area contributed by atoms with Gasteiger partial charge in [-0.1, -0.05) is 0 Å². The van der Waals surface area contributed by atoms with Gasteiger partial charge in [-0.05, 0) is 51.0 Å². The van der Waals surface area contributed by atoms with E-state index in [9.17, 15) is 4.79 Å². The van der Waals surface area contributed by atoms with E-state index >= 15 is 0 Å². The molecule has 1 aromatic carbocycles. The maximum atomic E-state index is 12.3. The Morgan fingerprint density at radius 3 is 2.71 bits per heavy atom. The Kier molecular flexibility index (Phi) is 3.92. The third kappa shape index (κ3) is 3.24. The van der Waals surface area contributed by atoms with Crippen molar-refractivity contribution in [1.82, 2.24) is 4.98 Å². The molecule has 5 heteroatoms. The van der Waals surface area contributed by atoms with Crippen LogP contribution in [0.4, 0.5) is 5.69 Å². The van der Waals surface area contributed by atoms with Gasteiger partial charge >= 0.3 is 0 Å². The van der Waals surface area contributed by atoms with E-state index in [0.717, 1.165) is 22.1 Å². The van der Waals surface area contributed by atoms with Gasteiger partial charge in [0.2, 0.25) is 0 Å². The monoisotopic (exact) mass is 302 g/mol. The van der Waals surface area contributed by atoms with Crippen molar-refractivity contribution in [2.75, 3.05) is 11.9 Å². The Balaban J connectivity index is 1.70. The van der Waals surface area contributed by atoms with Gasteiger partial charge in [-0.3, -0.25) is 4.79 Å². The zero-order valence-electron chi connectivity index (χ0n) is 12.2. The van der Waals surface area contributed by atoms with Gasteiger partial charge in [-0.25, -0.2) is 4.98 Å². The molecule has 1 aliphatic carbocycles. The first-order valence-electron chi connectivity index (χ1n) is 7.19. The fourth-order valence-corrected chi connectivity index (χ4v) is 3.25. The van der Waals surface area contributed by atoms with Gasteiger partial charge in [-0.15, -0.1) is 11.3 Å². The predicted molar refractivity (Wildman–Crippen MR) is 84.4 cm³/mol. The van der Waals surface area contributed by atoms with Crippen LogP contribution in [0.1, 0.15) is 46.1 Å². The Morgan fingerprint density at radius 2 is 2.10 bits per heavy atom. The maximum absolute atomic E-state index is 12.3. The average molecular weight is 302 g/mol. The van der Waals surface area contributed by atoms with Crippen LogP contribution in [0.5, 0.6) is 5.75 Å². The van der Waals surface area contributed by atoms with Crippen molar-refractivity contribution in [3.8, 4) is 5.75 Å². The van der Waals surface area contributed by atoms with Crippen molar-refractivity contribution in [1.29, 1.82) is 0 Å². The van der Waals surface area contributed by atoms with E-state index in [4.69, 9.17) is 4.74 Å². The van der Waals surface area contributed by atoms with E-state index in [0.29, 0.717) is 17.4 Å². The summed E-state index contributed by atoms with van der Waals surface area (Å²) in [6.45, 7) is 4.48. The molecule has 0 atom stereocenters. The summed E-state index contributed by atoms with van der Waals surface area (Å²) < 4.78 is 5.39. The molecule has 4 nitrogen and oxygen atoms in total. The van der Waals surface area contributed by atoms with Crippen LogP contribution in [0.15, 0.2) is 24.3 Å². The van der Waals surface area contributed by atoms with Crippen LogP contribution < -0.4 is 10.1 Å². The number of carbonyl (C=O) groups is 1. The van der Waals surface area contributed by atoms with Crippen molar-refractivity contribution >= 4 is 22.9 Å². The highest BCUT2D eigenvalue weighted by Gasteiger charge is 2.28. The van der Waals surface area contributed by atoms with Crippen molar-refractivity contribution in [3.05, 3.63) is 39.8 Å². The smallest absolute Gasteiger partial charge is 0.267 e. The fourth-order valence-electron chi connectivity index (χ4n) is 2.12. The second-order valence-electron chi connectivity index (χ2n) is 5.15. The highest BCUT2D eigenvalue weighted by molar-refractivity contribution is 7.14. The molecule has 1 N–H and O–H groups in total. The third-order valence-corrected chi connectivity index (χ3v) is 4.69. The summed E-state index contributed by atoms with van der Waals surface area (Å²) in [5.41, 5.74) is 1.59.